The first-order valence-corrected chi connectivity index (χ1v) is 6.57. The van der Waals surface area contributed by atoms with Crippen molar-refractivity contribution < 1.29 is 9.50 Å². The third-order valence-electron chi connectivity index (χ3n) is 2.78. The summed E-state index contributed by atoms with van der Waals surface area (Å²) in [5, 5.41) is 12.1. The van der Waals surface area contributed by atoms with E-state index in [2.05, 4.69) is 6.92 Å². The maximum Gasteiger partial charge on any atom is 0.123 e. The van der Waals surface area contributed by atoms with E-state index < -0.39 is 6.10 Å². The van der Waals surface area contributed by atoms with Gasteiger partial charge in [-0.1, -0.05) is 19.1 Å². The van der Waals surface area contributed by atoms with Crippen molar-refractivity contribution >= 4 is 11.3 Å². The molecule has 0 radical (unpaired) electrons. The molecule has 3 heteroatoms. The Kier molecular flexibility index (Phi) is 3.92. The number of thiophene rings is 1. The molecular weight excluding hydrogens is 235 g/mol. The molecule has 0 aliphatic rings. The quantitative estimate of drug-likeness (QED) is 0.876. The Morgan fingerprint density at radius 3 is 2.88 bits per heavy atom. The fraction of sp³-hybridized carbons (Fsp3) is 0.286. The molecule has 0 amide bonds. The zero-order valence-electron chi connectivity index (χ0n) is 9.69. The highest BCUT2D eigenvalue weighted by molar-refractivity contribution is 7.10. The predicted octanol–water partition coefficient (Wildman–Crippen LogP) is 3.73. The highest BCUT2D eigenvalue weighted by Gasteiger charge is 2.13. The molecule has 2 aromatic rings. The lowest BCUT2D eigenvalue weighted by Crippen LogP contribution is -2.02. The molecule has 2 rings (SSSR count). The second kappa shape index (κ2) is 5.43. The van der Waals surface area contributed by atoms with Crippen LogP contribution in [0.4, 0.5) is 4.39 Å². The second-order valence-electron chi connectivity index (χ2n) is 4.01. The van der Waals surface area contributed by atoms with E-state index in [1.54, 1.807) is 17.4 Å². The SMILES string of the molecule is CCc1ccsc1C(O)Cc1cccc(F)c1. The summed E-state index contributed by atoms with van der Waals surface area (Å²) in [4.78, 5) is 0.997. The Balaban J connectivity index is 2.14. The summed E-state index contributed by atoms with van der Waals surface area (Å²) in [5.41, 5.74) is 2.01. The minimum Gasteiger partial charge on any atom is -0.387 e. The molecular formula is C14H15FOS. The van der Waals surface area contributed by atoms with Gasteiger partial charge in [-0.25, -0.2) is 4.39 Å². The molecule has 0 fully saturated rings. The van der Waals surface area contributed by atoms with Crippen LogP contribution < -0.4 is 0 Å². The van der Waals surface area contributed by atoms with Crippen molar-refractivity contribution in [3.63, 3.8) is 0 Å². The van der Waals surface area contributed by atoms with Gasteiger partial charge in [0.1, 0.15) is 5.82 Å². The Morgan fingerprint density at radius 2 is 2.18 bits per heavy atom. The fourth-order valence-corrected chi connectivity index (χ4v) is 2.89. The number of aliphatic hydroxyl groups excluding tert-OH is 1. The van der Waals surface area contributed by atoms with Gasteiger partial charge in [0.15, 0.2) is 0 Å². The van der Waals surface area contributed by atoms with Crippen molar-refractivity contribution in [1.29, 1.82) is 0 Å². The van der Waals surface area contributed by atoms with Crippen LogP contribution in [0.2, 0.25) is 0 Å². The first-order chi connectivity index (χ1) is 8.20. The first-order valence-electron chi connectivity index (χ1n) is 5.69. The Bertz CT molecular complexity index is 492. The fourth-order valence-electron chi connectivity index (χ4n) is 1.91. The van der Waals surface area contributed by atoms with E-state index in [0.29, 0.717) is 6.42 Å². The number of aryl methyl sites for hydroxylation is 1. The van der Waals surface area contributed by atoms with Gasteiger partial charge in [-0.15, -0.1) is 11.3 Å². The summed E-state index contributed by atoms with van der Waals surface area (Å²) in [6.07, 6.45) is 0.844. The van der Waals surface area contributed by atoms with Crippen LogP contribution in [-0.4, -0.2) is 5.11 Å². The molecule has 0 aliphatic heterocycles. The van der Waals surface area contributed by atoms with Crippen molar-refractivity contribution in [3.8, 4) is 0 Å². The molecule has 17 heavy (non-hydrogen) atoms. The minimum atomic E-state index is -0.535. The van der Waals surface area contributed by atoms with Gasteiger partial charge in [-0.05, 0) is 41.1 Å². The number of rotatable bonds is 4. The van der Waals surface area contributed by atoms with Crippen molar-refractivity contribution in [1.82, 2.24) is 0 Å². The monoisotopic (exact) mass is 250 g/mol. The summed E-state index contributed by atoms with van der Waals surface area (Å²) >= 11 is 1.56. The predicted molar refractivity (Wildman–Crippen MR) is 68.8 cm³/mol. The maximum atomic E-state index is 13.0. The van der Waals surface area contributed by atoms with Gasteiger partial charge < -0.3 is 5.11 Å². The zero-order chi connectivity index (χ0) is 12.3. The molecule has 1 nitrogen and oxygen atoms in total. The lowest BCUT2D eigenvalue weighted by atomic mass is 10.0. The van der Waals surface area contributed by atoms with Crippen molar-refractivity contribution in [3.05, 3.63) is 57.5 Å². The molecule has 0 saturated carbocycles. The van der Waals surface area contributed by atoms with Gasteiger partial charge in [0.25, 0.3) is 0 Å². The van der Waals surface area contributed by atoms with E-state index in [1.807, 2.05) is 17.5 Å². The molecule has 0 aliphatic carbocycles. The molecule has 1 N–H and O–H groups in total. The van der Waals surface area contributed by atoms with E-state index in [1.165, 1.54) is 17.7 Å². The number of benzene rings is 1. The van der Waals surface area contributed by atoms with Gasteiger partial charge in [0, 0.05) is 11.3 Å². The third-order valence-corrected chi connectivity index (χ3v) is 3.84. The molecule has 1 unspecified atom stereocenters. The standard InChI is InChI=1S/C14H15FOS/c1-2-11-6-7-17-14(11)13(16)9-10-4-3-5-12(15)8-10/h3-8,13,16H,2,9H2,1H3. The molecule has 1 heterocycles. The Hall–Kier alpha value is -1.19. The summed E-state index contributed by atoms with van der Waals surface area (Å²) in [5.74, 6) is -0.253. The molecule has 0 spiro atoms. The van der Waals surface area contributed by atoms with Crippen molar-refractivity contribution in [2.45, 2.75) is 25.9 Å². The van der Waals surface area contributed by atoms with Gasteiger partial charge in [-0.3, -0.25) is 0 Å². The van der Waals surface area contributed by atoms with Gasteiger partial charge >= 0.3 is 0 Å². The number of hydrogen-bond acceptors (Lipinski definition) is 2. The highest BCUT2D eigenvalue weighted by atomic mass is 32.1. The summed E-state index contributed by atoms with van der Waals surface area (Å²) in [7, 11) is 0. The first kappa shape index (κ1) is 12.3. The van der Waals surface area contributed by atoms with Crippen LogP contribution in [0.15, 0.2) is 35.7 Å². The summed E-state index contributed by atoms with van der Waals surface area (Å²) in [6, 6.07) is 8.44. The van der Waals surface area contributed by atoms with Crippen LogP contribution in [-0.2, 0) is 12.8 Å². The van der Waals surface area contributed by atoms with Crippen LogP contribution in [0.25, 0.3) is 0 Å². The van der Waals surface area contributed by atoms with Gasteiger partial charge in [-0.2, -0.15) is 0 Å². The average molecular weight is 250 g/mol. The van der Waals surface area contributed by atoms with E-state index >= 15 is 0 Å². The van der Waals surface area contributed by atoms with Crippen LogP contribution in [0, 0.1) is 5.82 Å². The molecule has 1 aromatic carbocycles. The summed E-state index contributed by atoms with van der Waals surface area (Å²) < 4.78 is 13.0. The van der Waals surface area contributed by atoms with Crippen LogP contribution in [0.5, 0.6) is 0 Å². The van der Waals surface area contributed by atoms with Crippen molar-refractivity contribution in [2.75, 3.05) is 0 Å². The minimum absolute atomic E-state index is 0.253. The lowest BCUT2D eigenvalue weighted by Gasteiger charge is -2.11. The second-order valence-corrected chi connectivity index (χ2v) is 4.96. The number of hydrogen-bond donors (Lipinski definition) is 1. The van der Waals surface area contributed by atoms with E-state index in [-0.39, 0.29) is 5.82 Å². The van der Waals surface area contributed by atoms with E-state index in [9.17, 15) is 9.50 Å². The molecule has 0 saturated heterocycles. The van der Waals surface area contributed by atoms with E-state index in [4.69, 9.17) is 0 Å². The Morgan fingerprint density at radius 1 is 1.35 bits per heavy atom. The maximum absolute atomic E-state index is 13.0. The summed E-state index contributed by atoms with van der Waals surface area (Å²) in [6.45, 7) is 2.07. The number of halogens is 1. The lowest BCUT2D eigenvalue weighted by molar-refractivity contribution is 0.181. The van der Waals surface area contributed by atoms with Crippen LogP contribution >= 0.6 is 11.3 Å². The van der Waals surface area contributed by atoms with Gasteiger partial charge in [0.2, 0.25) is 0 Å². The smallest absolute Gasteiger partial charge is 0.123 e. The molecule has 1 atom stereocenters. The zero-order valence-corrected chi connectivity index (χ0v) is 10.5. The highest BCUT2D eigenvalue weighted by Crippen LogP contribution is 2.27. The largest absolute Gasteiger partial charge is 0.387 e. The molecule has 0 bridgehead atoms. The molecule has 1 aromatic heterocycles. The van der Waals surface area contributed by atoms with Crippen LogP contribution in [0.3, 0.4) is 0 Å². The van der Waals surface area contributed by atoms with Crippen molar-refractivity contribution in [2.24, 2.45) is 0 Å². The topological polar surface area (TPSA) is 20.2 Å². The van der Waals surface area contributed by atoms with Crippen LogP contribution in [0.1, 0.15) is 29.0 Å². The normalized spacial score (nSPS) is 12.6. The molecule has 90 valence electrons. The third kappa shape index (κ3) is 2.93. The van der Waals surface area contributed by atoms with Gasteiger partial charge in [0.05, 0.1) is 6.10 Å². The average Bonchev–Trinajstić information content (AvgIpc) is 2.77. The van der Waals surface area contributed by atoms with E-state index in [0.717, 1.165) is 16.9 Å². The number of aliphatic hydroxyl groups is 1. The Labute approximate surface area is 105 Å².